The van der Waals surface area contributed by atoms with Crippen molar-refractivity contribution in [2.24, 2.45) is 0 Å². The van der Waals surface area contributed by atoms with Crippen LogP contribution in [0.15, 0.2) is 22.7 Å². The van der Waals surface area contributed by atoms with E-state index in [1.54, 1.807) is 18.2 Å². The molecule has 1 aliphatic rings. The monoisotopic (exact) mass is 332 g/mol. The van der Waals surface area contributed by atoms with Gasteiger partial charge in [-0.05, 0) is 40.9 Å². The summed E-state index contributed by atoms with van der Waals surface area (Å²) < 4.78 is 6.10. The highest BCUT2D eigenvalue weighted by Crippen LogP contribution is 2.29. The summed E-state index contributed by atoms with van der Waals surface area (Å²) in [5, 5.41) is 6.08. The van der Waals surface area contributed by atoms with E-state index in [-0.39, 0.29) is 12.1 Å². The van der Waals surface area contributed by atoms with Gasteiger partial charge in [-0.2, -0.15) is 0 Å². The molecule has 0 unspecified atom stereocenters. The van der Waals surface area contributed by atoms with E-state index in [1.165, 1.54) is 0 Å². The van der Waals surface area contributed by atoms with E-state index in [0.29, 0.717) is 21.7 Å². The molecule has 1 fully saturated rings. The number of rotatable bonds is 3. The largest absolute Gasteiger partial charge is 0.376 e. The highest BCUT2D eigenvalue weighted by molar-refractivity contribution is 9.10. The Bertz CT molecular complexity index is 436. The van der Waals surface area contributed by atoms with Gasteiger partial charge in [0.25, 0.3) is 0 Å². The maximum Gasteiger partial charge on any atom is 0.319 e. The van der Waals surface area contributed by atoms with Crippen LogP contribution in [-0.2, 0) is 4.74 Å². The van der Waals surface area contributed by atoms with Crippen LogP contribution < -0.4 is 10.6 Å². The summed E-state index contributed by atoms with van der Waals surface area (Å²) in [7, 11) is 0. The molecule has 0 radical (unpaired) electrons. The van der Waals surface area contributed by atoms with Crippen molar-refractivity contribution in [3.8, 4) is 0 Å². The second kappa shape index (κ2) is 6.41. The standard InChI is InChI=1S/C12H14BrClN2O2/c13-11-9(14)4-1-5-10(11)16-12(17)15-7-8-3-2-6-18-8/h1,4-5,8H,2-3,6-7H2,(H2,15,16,17)/t8-/m1/s1. The number of nitrogens with one attached hydrogen (secondary N) is 2. The zero-order valence-electron chi connectivity index (χ0n) is 9.71. The molecule has 0 saturated carbocycles. The number of urea groups is 1. The Hall–Kier alpha value is -0.780. The molecule has 0 aromatic heterocycles. The lowest BCUT2D eigenvalue weighted by Crippen LogP contribution is -2.35. The van der Waals surface area contributed by atoms with Crippen LogP contribution in [0.4, 0.5) is 10.5 Å². The lowest BCUT2D eigenvalue weighted by atomic mass is 10.2. The molecule has 1 atom stereocenters. The van der Waals surface area contributed by atoms with Gasteiger partial charge < -0.3 is 15.4 Å². The molecule has 98 valence electrons. The van der Waals surface area contributed by atoms with Crippen LogP contribution in [0, 0.1) is 0 Å². The summed E-state index contributed by atoms with van der Waals surface area (Å²) in [5.74, 6) is 0. The Morgan fingerprint density at radius 1 is 1.56 bits per heavy atom. The first-order valence-electron chi connectivity index (χ1n) is 5.77. The molecule has 2 rings (SSSR count). The molecule has 4 nitrogen and oxygen atoms in total. The van der Waals surface area contributed by atoms with Crippen LogP contribution in [0.3, 0.4) is 0 Å². The molecule has 0 bridgehead atoms. The molecule has 6 heteroatoms. The number of anilines is 1. The van der Waals surface area contributed by atoms with Gasteiger partial charge >= 0.3 is 6.03 Å². The van der Waals surface area contributed by atoms with Crippen molar-refractivity contribution in [3.63, 3.8) is 0 Å². The van der Waals surface area contributed by atoms with E-state index in [0.717, 1.165) is 19.4 Å². The summed E-state index contributed by atoms with van der Waals surface area (Å²) in [6.07, 6.45) is 2.20. The fraction of sp³-hybridized carbons (Fsp3) is 0.417. The van der Waals surface area contributed by atoms with Crippen LogP contribution in [-0.4, -0.2) is 25.3 Å². The van der Waals surface area contributed by atoms with Crippen molar-refractivity contribution in [3.05, 3.63) is 27.7 Å². The van der Waals surface area contributed by atoms with Gasteiger partial charge in [0.15, 0.2) is 0 Å². The third-order valence-corrected chi connectivity index (χ3v) is 4.11. The molecular formula is C12H14BrClN2O2. The van der Waals surface area contributed by atoms with E-state index in [4.69, 9.17) is 16.3 Å². The maximum absolute atomic E-state index is 11.7. The smallest absolute Gasteiger partial charge is 0.319 e. The topological polar surface area (TPSA) is 50.4 Å². The second-order valence-corrected chi connectivity index (χ2v) is 5.27. The average molecular weight is 334 g/mol. The summed E-state index contributed by atoms with van der Waals surface area (Å²) in [4.78, 5) is 11.7. The fourth-order valence-electron chi connectivity index (χ4n) is 1.78. The first-order valence-corrected chi connectivity index (χ1v) is 6.94. The third kappa shape index (κ3) is 3.60. The van der Waals surface area contributed by atoms with Crippen LogP contribution in [0.1, 0.15) is 12.8 Å². The Morgan fingerprint density at radius 2 is 2.39 bits per heavy atom. The van der Waals surface area contributed by atoms with Crippen LogP contribution in [0.2, 0.25) is 5.02 Å². The predicted octanol–water partition coefficient (Wildman–Crippen LogP) is 3.40. The van der Waals surface area contributed by atoms with Crippen molar-refractivity contribution in [2.45, 2.75) is 18.9 Å². The minimum atomic E-state index is -0.256. The summed E-state index contributed by atoms with van der Waals surface area (Å²) in [6, 6.07) is 5.05. The molecule has 18 heavy (non-hydrogen) atoms. The van der Waals surface area contributed by atoms with Crippen LogP contribution in [0.25, 0.3) is 0 Å². The molecular weight excluding hydrogens is 320 g/mol. The molecule has 2 N–H and O–H groups in total. The molecule has 1 aromatic carbocycles. The molecule has 0 aliphatic carbocycles. The second-order valence-electron chi connectivity index (χ2n) is 4.07. The zero-order chi connectivity index (χ0) is 13.0. The van der Waals surface area contributed by atoms with Crippen molar-refractivity contribution >= 4 is 39.2 Å². The Labute approximate surface area is 119 Å². The normalized spacial score (nSPS) is 18.7. The van der Waals surface area contributed by atoms with Gasteiger partial charge in [-0.25, -0.2) is 4.79 Å². The lowest BCUT2D eigenvalue weighted by Gasteiger charge is -2.12. The SMILES string of the molecule is O=C(NC[C@H]1CCCO1)Nc1cccc(Cl)c1Br. The van der Waals surface area contributed by atoms with Gasteiger partial charge in [-0.15, -0.1) is 0 Å². The van der Waals surface area contributed by atoms with Crippen molar-refractivity contribution < 1.29 is 9.53 Å². The van der Waals surface area contributed by atoms with Crippen molar-refractivity contribution in [1.82, 2.24) is 5.32 Å². The van der Waals surface area contributed by atoms with E-state index < -0.39 is 0 Å². The van der Waals surface area contributed by atoms with Gasteiger partial charge in [0.05, 0.1) is 21.3 Å². The quantitative estimate of drug-likeness (QED) is 0.890. The zero-order valence-corrected chi connectivity index (χ0v) is 12.1. The Morgan fingerprint density at radius 3 is 3.11 bits per heavy atom. The van der Waals surface area contributed by atoms with Crippen molar-refractivity contribution in [1.29, 1.82) is 0 Å². The summed E-state index contributed by atoms with van der Waals surface area (Å²) in [6.45, 7) is 1.32. The lowest BCUT2D eigenvalue weighted by molar-refractivity contribution is 0.112. The highest BCUT2D eigenvalue weighted by atomic mass is 79.9. The number of halogens is 2. The highest BCUT2D eigenvalue weighted by Gasteiger charge is 2.16. The fourth-order valence-corrected chi connectivity index (χ4v) is 2.32. The summed E-state index contributed by atoms with van der Waals surface area (Å²) >= 11 is 9.27. The maximum atomic E-state index is 11.7. The molecule has 1 aromatic rings. The van der Waals surface area contributed by atoms with Crippen molar-refractivity contribution in [2.75, 3.05) is 18.5 Å². The molecule has 1 heterocycles. The average Bonchev–Trinajstić information content (AvgIpc) is 2.86. The minimum absolute atomic E-state index is 0.138. The number of ether oxygens (including phenoxy) is 1. The third-order valence-electron chi connectivity index (χ3n) is 2.71. The van der Waals surface area contributed by atoms with E-state index in [9.17, 15) is 4.79 Å². The number of benzene rings is 1. The predicted molar refractivity (Wildman–Crippen MR) is 75.1 cm³/mol. The van der Waals surface area contributed by atoms with E-state index in [2.05, 4.69) is 26.6 Å². The molecule has 0 spiro atoms. The minimum Gasteiger partial charge on any atom is -0.376 e. The number of hydrogen-bond donors (Lipinski definition) is 2. The van der Waals surface area contributed by atoms with Gasteiger partial charge in [-0.1, -0.05) is 17.7 Å². The van der Waals surface area contributed by atoms with Crippen LogP contribution >= 0.6 is 27.5 Å². The van der Waals surface area contributed by atoms with Crippen LogP contribution in [0.5, 0.6) is 0 Å². The number of hydrogen-bond acceptors (Lipinski definition) is 2. The van der Waals surface area contributed by atoms with Gasteiger partial charge in [-0.3, -0.25) is 0 Å². The van der Waals surface area contributed by atoms with E-state index >= 15 is 0 Å². The first-order chi connectivity index (χ1) is 8.66. The summed E-state index contributed by atoms with van der Waals surface area (Å²) in [5.41, 5.74) is 0.646. The Balaban J connectivity index is 1.84. The molecule has 2 amide bonds. The molecule has 1 saturated heterocycles. The Kier molecular flexibility index (Phi) is 4.86. The van der Waals surface area contributed by atoms with E-state index in [1.807, 2.05) is 0 Å². The number of carbonyl (C=O) groups excluding carboxylic acids is 1. The number of amides is 2. The van der Waals surface area contributed by atoms with Gasteiger partial charge in [0.2, 0.25) is 0 Å². The molecule has 1 aliphatic heterocycles. The first kappa shape index (κ1) is 13.6. The van der Waals surface area contributed by atoms with Gasteiger partial charge in [0.1, 0.15) is 0 Å². The van der Waals surface area contributed by atoms with Gasteiger partial charge in [0, 0.05) is 13.2 Å². The number of carbonyl (C=O) groups is 1.